The molecule has 0 bridgehead atoms. The topological polar surface area (TPSA) is 208 Å². The molecule has 0 aromatic heterocycles. The van der Waals surface area contributed by atoms with E-state index < -0.39 is 74.5 Å². The maximum absolute atomic E-state index is 13.6. The van der Waals surface area contributed by atoms with E-state index in [-0.39, 0.29) is 30.5 Å². The fourth-order valence-electron chi connectivity index (χ4n) is 6.03. The van der Waals surface area contributed by atoms with Crippen molar-refractivity contribution in [3.63, 3.8) is 0 Å². The van der Waals surface area contributed by atoms with Crippen molar-refractivity contribution in [3.8, 4) is 17.6 Å². The van der Waals surface area contributed by atoms with Crippen molar-refractivity contribution in [2.45, 2.75) is 30.6 Å². The van der Waals surface area contributed by atoms with Crippen molar-refractivity contribution < 1.29 is 43.2 Å². The summed E-state index contributed by atoms with van der Waals surface area (Å²) in [5.74, 6) is -2.66. The van der Waals surface area contributed by atoms with Crippen molar-refractivity contribution in [3.05, 3.63) is 40.2 Å². The van der Waals surface area contributed by atoms with Crippen LogP contribution in [0, 0.1) is 29.6 Å². The van der Waals surface area contributed by atoms with Crippen molar-refractivity contribution in [1.29, 1.82) is 0 Å². The Hall–Kier alpha value is -3.28. The number of nitrogens with two attached hydrogens (primary N) is 1. The molecule has 204 valence electrons. The number of likely N-dealkylation sites (N-methyl/N-ethyl adjacent to an activating group) is 1. The second kappa shape index (κ2) is 9.48. The highest BCUT2D eigenvalue weighted by atomic mass is 32.2. The first-order chi connectivity index (χ1) is 17.6. The molecular formula is C25H29N3O9S. The third-order valence-electron chi connectivity index (χ3n) is 7.62. The number of aliphatic hydroxyl groups is 3. The number of Topliss-reactive ketones (excluding diaryl/α,β-unsaturated/α-hetero) is 2. The van der Waals surface area contributed by atoms with Gasteiger partial charge in [-0.25, -0.2) is 13.1 Å². The van der Waals surface area contributed by atoms with E-state index >= 15 is 0 Å². The molecule has 13 heteroatoms. The molecule has 0 heterocycles. The summed E-state index contributed by atoms with van der Waals surface area (Å²) in [5.41, 5.74) is 3.02. The zero-order chi connectivity index (χ0) is 28.3. The van der Waals surface area contributed by atoms with Gasteiger partial charge in [-0.15, -0.1) is 0 Å². The molecule has 0 aliphatic heterocycles. The van der Waals surface area contributed by atoms with E-state index in [9.17, 15) is 43.2 Å². The number of nitrogens with one attached hydrogen (secondary N) is 1. The van der Waals surface area contributed by atoms with E-state index in [1.54, 1.807) is 14.1 Å². The summed E-state index contributed by atoms with van der Waals surface area (Å²) in [5, 5.41) is 44.3. The molecule has 1 saturated carbocycles. The zero-order valence-corrected chi connectivity index (χ0v) is 21.7. The number of carbonyl (C=O) groups is 3. The zero-order valence-electron chi connectivity index (χ0n) is 20.9. The number of phenolic OH excluding ortho intramolecular Hbond substituents is 1. The molecule has 1 aromatic rings. The number of sulfonamides is 1. The van der Waals surface area contributed by atoms with Gasteiger partial charge in [0, 0.05) is 23.1 Å². The number of phenols is 1. The number of amides is 1. The van der Waals surface area contributed by atoms with Crippen LogP contribution in [0.2, 0.25) is 0 Å². The van der Waals surface area contributed by atoms with Crippen LogP contribution < -0.4 is 10.5 Å². The molecular weight excluding hydrogens is 518 g/mol. The number of nitrogens with zero attached hydrogens (tertiary/aromatic N) is 1. The molecule has 1 amide bonds. The number of allylic oxidation sites excluding steroid dienone is 1. The van der Waals surface area contributed by atoms with Gasteiger partial charge in [0.2, 0.25) is 15.9 Å². The summed E-state index contributed by atoms with van der Waals surface area (Å²) in [6.45, 7) is -0.182. The fourth-order valence-corrected chi connectivity index (χ4v) is 6.36. The maximum atomic E-state index is 13.6. The van der Waals surface area contributed by atoms with Gasteiger partial charge in [0.1, 0.15) is 17.4 Å². The van der Waals surface area contributed by atoms with Crippen LogP contribution in [0.4, 0.5) is 0 Å². The molecule has 0 saturated heterocycles. The lowest BCUT2D eigenvalue weighted by Gasteiger charge is -2.53. The lowest BCUT2D eigenvalue weighted by atomic mass is 9.56. The predicted molar refractivity (Wildman–Crippen MR) is 133 cm³/mol. The molecule has 3 aliphatic carbocycles. The number of aliphatic hydroxyl groups excluding tert-OH is 2. The van der Waals surface area contributed by atoms with Crippen LogP contribution in [-0.2, 0) is 26.0 Å². The molecule has 7 N–H and O–H groups in total. The first-order valence-electron chi connectivity index (χ1n) is 11.8. The van der Waals surface area contributed by atoms with Gasteiger partial charge < -0.3 is 31.1 Å². The highest BCUT2D eigenvalue weighted by molar-refractivity contribution is 7.88. The van der Waals surface area contributed by atoms with E-state index in [2.05, 4.69) is 16.6 Å². The van der Waals surface area contributed by atoms with E-state index in [1.807, 2.05) is 0 Å². The van der Waals surface area contributed by atoms with Crippen LogP contribution in [-0.4, -0.2) is 95.9 Å². The number of aromatic hydroxyl groups is 1. The summed E-state index contributed by atoms with van der Waals surface area (Å²) in [6, 6.07) is 1.74. The molecule has 0 spiro atoms. The van der Waals surface area contributed by atoms with Crippen molar-refractivity contribution >= 4 is 27.5 Å². The summed E-state index contributed by atoms with van der Waals surface area (Å²) in [6.07, 6.45) is -0.501. The molecule has 12 nitrogen and oxygen atoms in total. The Morgan fingerprint density at radius 1 is 1.26 bits per heavy atom. The van der Waals surface area contributed by atoms with Gasteiger partial charge >= 0.3 is 0 Å². The Morgan fingerprint density at radius 3 is 2.50 bits per heavy atom. The van der Waals surface area contributed by atoms with Crippen LogP contribution in [0.25, 0.3) is 0 Å². The average molecular weight is 548 g/mol. The molecule has 3 aliphatic rings. The van der Waals surface area contributed by atoms with Gasteiger partial charge in [-0.3, -0.25) is 14.4 Å². The molecule has 2 unspecified atom stereocenters. The number of ketones is 2. The van der Waals surface area contributed by atoms with Crippen LogP contribution in [0.1, 0.15) is 27.9 Å². The Kier molecular flexibility index (Phi) is 6.92. The Bertz CT molecular complexity index is 1440. The number of hydrogen-bond acceptors (Lipinski definition) is 10. The summed E-state index contributed by atoms with van der Waals surface area (Å²) < 4.78 is 24.8. The van der Waals surface area contributed by atoms with E-state index in [1.165, 1.54) is 17.0 Å². The van der Waals surface area contributed by atoms with Crippen LogP contribution in [0.15, 0.2) is 23.5 Å². The molecule has 38 heavy (non-hydrogen) atoms. The normalized spacial score (nSPS) is 30.7. The Morgan fingerprint density at radius 2 is 1.92 bits per heavy atom. The number of hydrogen-bond donors (Lipinski definition) is 6. The fraction of sp³-hybridized carbons (Fsp3) is 0.480. The monoisotopic (exact) mass is 547 g/mol. The summed E-state index contributed by atoms with van der Waals surface area (Å²) in [4.78, 5) is 40.6. The van der Waals surface area contributed by atoms with E-state index in [0.717, 1.165) is 6.26 Å². The number of benzene rings is 1. The van der Waals surface area contributed by atoms with Crippen molar-refractivity contribution in [2.75, 3.05) is 26.9 Å². The first kappa shape index (κ1) is 27.7. The van der Waals surface area contributed by atoms with Gasteiger partial charge in [0.15, 0.2) is 17.2 Å². The first-order valence-corrected chi connectivity index (χ1v) is 13.7. The third-order valence-corrected chi connectivity index (χ3v) is 8.29. The number of carbonyl (C=O) groups excluding carboxylic acids is 3. The second-order valence-electron chi connectivity index (χ2n) is 10.2. The number of rotatable bonds is 4. The number of fused-ring (bicyclic) bond motifs is 3. The smallest absolute Gasteiger partial charge is 0.230 e. The average Bonchev–Trinajstić information content (AvgIpc) is 2.79. The van der Waals surface area contributed by atoms with Gasteiger partial charge in [-0.2, -0.15) is 0 Å². The van der Waals surface area contributed by atoms with Crippen molar-refractivity contribution in [1.82, 2.24) is 9.62 Å². The van der Waals surface area contributed by atoms with E-state index in [4.69, 9.17) is 5.73 Å². The molecule has 0 radical (unpaired) electrons. The molecule has 1 fully saturated rings. The Balaban J connectivity index is 1.85. The van der Waals surface area contributed by atoms with Gasteiger partial charge in [0.25, 0.3) is 0 Å². The second-order valence-corrected chi connectivity index (χ2v) is 12.0. The standard InChI is InChI=1S/C25H29N3O9S/c1-28(2)19-14-10-12-9-13-11(5-4-8-27-38(3,36)37)6-7-15(29)17(13)20(30)16(12)22(32)25(14,35)23(33)18(21(19)31)24(26)34/h6-7,12,14,18-19,21,27,29,31-32,35H,8-10H2,1-3H3,(H2,26,34)/t12-,14-,18?,19-,21?,25-/m0/s1. The number of primary amides is 1. The minimum Gasteiger partial charge on any atom is -0.508 e. The summed E-state index contributed by atoms with van der Waals surface area (Å²) >= 11 is 0. The highest BCUT2D eigenvalue weighted by Crippen LogP contribution is 2.52. The largest absolute Gasteiger partial charge is 0.508 e. The lowest BCUT2D eigenvalue weighted by molar-refractivity contribution is -0.178. The maximum Gasteiger partial charge on any atom is 0.230 e. The summed E-state index contributed by atoms with van der Waals surface area (Å²) in [7, 11) is -0.307. The van der Waals surface area contributed by atoms with Crippen LogP contribution >= 0.6 is 0 Å². The third kappa shape index (κ3) is 4.28. The van der Waals surface area contributed by atoms with E-state index in [0.29, 0.717) is 11.1 Å². The Labute approximate surface area is 219 Å². The minimum atomic E-state index is -3.47. The predicted octanol–water partition coefficient (Wildman–Crippen LogP) is -1.81. The van der Waals surface area contributed by atoms with Crippen molar-refractivity contribution in [2.24, 2.45) is 23.5 Å². The van der Waals surface area contributed by atoms with Crippen LogP contribution in [0.5, 0.6) is 5.75 Å². The van der Waals surface area contributed by atoms with Gasteiger partial charge in [0.05, 0.1) is 24.5 Å². The highest BCUT2D eigenvalue weighted by Gasteiger charge is 2.66. The van der Waals surface area contributed by atoms with Gasteiger partial charge in [-0.05, 0) is 50.6 Å². The molecule has 4 rings (SSSR count). The molecule has 6 atom stereocenters. The quantitative estimate of drug-likeness (QED) is 0.184. The molecule has 1 aromatic carbocycles. The SMILES string of the molecule is CN(C)[C@@H]1C(O)C(C(N)=O)C(=O)[C@@]2(O)C(O)=C3C(=O)c4c(O)ccc(C#CCNS(C)(=O)=O)c4C[C@H]3C[C@@H]12. The minimum absolute atomic E-state index is 0.0175. The van der Waals surface area contributed by atoms with Crippen LogP contribution in [0.3, 0.4) is 0 Å². The van der Waals surface area contributed by atoms with Gasteiger partial charge in [-0.1, -0.05) is 11.8 Å². The lowest BCUT2D eigenvalue weighted by Crippen LogP contribution is -2.71.